The van der Waals surface area contributed by atoms with Crippen LogP contribution in [0.2, 0.25) is 5.02 Å². The van der Waals surface area contributed by atoms with Crippen LogP contribution in [0.15, 0.2) is 42.6 Å². The zero-order chi connectivity index (χ0) is 17.8. The van der Waals surface area contributed by atoms with Crippen molar-refractivity contribution < 1.29 is 4.74 Å². The Kier molecular flexibility index (Phi) is 5.00. The molecule has 0 unspecified atom stereocenters. The summed E-state index contributed by atoms with van der Waals surface area (Å²) in [5.74, 6) is 1.58. The van der Waals surface area contributed by atoms with Crippen LogP contribution in [0.3, 0.4) is 0 Å². The van der Waals surface area contributed by atoms with Crippen molar-refractivity contribution in [3.8, 4) is 5.75 Å². The fraction of sp³-hybridized carbons (Fsp3) is 0.167. The number of hydrogen-bond donors (Lipinski definition) is 2. The molecule has 0 saturated heterocycles. The van der Waals surface area contributed by atoms with Gasteiger partial charge in [-0.2, -0.15) is 10.1 Å². The fourth-order valence-electron chi connectivity index (χ4n) is 2.26. The van der Waals surface area contributed by atoms with Crippen molar-refractivity contribution in [2.75, 3.05) is 17.7 Å². The van der Waals surface area contributed by atoms with E-state index in [1.807, 2.05) is 12.1 Å². The Balaban J connectivity index is 1.77. The monoisotopic (exact) mass is 355 g/mol. The molecule has 2 N–H and O–H groups in total. The molecule has 0 amide bonds. The first-order chi connectivity index (χ1) is 12.0. The first-order valence-electron chi connectivity index (χ1n) is 7.70. The molecule has 3 aromatic rings. The molecule has 0 fully saturated rings. The molecular formula is C18H18ClN5O. The molecule has 7 heteroatoms. The largest absolute Gasteiger partial charge is 0.495 e. The number of aryl methyl sites for hydroxylation is 2. The topological polar surface area (TPSA) is 72.0 Å². The number of methoxy groups -OCH3 is 1. The Morgan fingerprint density at radius 1 is 0.960 bits per heavy atom. The Morgan fingerprint density at radius 2 is 1.72 bits per heavy atom. The molecule has 0 spiro atoms. The van der Waals surface area contributed by atoms with Gasteiger partial charge in [-0.3, -0.25) is 0 Å². The number of hydrogen-bond acceptors (Lipinski definition) is 6. The summed E-state index contributed by atoms with van der Waals surface area (Å²) < 4.78 is 5.14. The molecule has 0 aliphatic heterocycles. The first kappa shape index (κ1) is 17.0. The lowest BCUT2D eigenvalue weighted by molar-refractivity contribution is 0.415. The maximum atomic E-state index is 6.13. The lowest BCUT2D eigenvalue weighted by Crippen LogP contribution is -2.02. The number of benzene rings is 2. The van der Waals surface area contributed by atoms with Crippen molar-refractivity contribution in [3.05, 3.63) is 58.7 Å². The molecule has 128 valence electrons. The maximum absolute atomic E-state index is 6.13. The number of anilines is 4. The van der Waals surface area contributed by atoms with Crippen molar-refractivity contribution in [1.29, 1.82) is 0 Å². The van der Waals surface area contributed by atoms with E-state index in [2.05, 4.69) is 51.8 Å². The predicted octanol–water partition coefficient (Wildman–Crippen LogP) is 4.64. The average Bonchev–Trinajstić information content (AvgIpc) is 2.59. The summed E-state index contributed by atoms with van der Waals surface area (Å²) in [5.41, 5.74) is 4.14. The third-order valence-electron chi connectivity index (χ3n) is 3.75. The second kappa shape index (κ2) is 7.36. The summed E-state index contributed by atoms with van der Waals surface area (Å²) >= 11 is 6.13. The Labute approximate surface area is 151 Å². The van der Waals surface area contributed by atoms with E-state index < -0.39 is 0 Å². The highest BCUT2D eigenvalue weighted by Crippen LogP contribution is 2.28. The number of nitrogens with one attached hydrogen (secondary N) is 2. The van der Waals surface area contributed by atoms with Gasteiger partial charge in [0.05, 0.1) is 18.3 Å². The Hall–Kier alpha value is -2.86. The second-order valence-corrected chi connectivity index (χ2v) is 5.97. The van der Waals surface area contributed by atoms with Gasteiger partial charge in [-0.1, -0.05) is 17.7 Å². The molecule has 0 radical (unpaired) electrons. The number of aromatic nitrogens is 3. The van der Waals surface area contributed by atoms with E-state index in [9.17, 15) is 0 Å². The highest BCUT2D eigenvalue weighted by atomic mass is 35.5. The minimum Gasteiger partial charge on any atom is -0.495 e. The first-order valence-corrected chi connectivity index (χ1v) is 8.07. The van der Waals surface area contributed by atoms with E-state index >= 15 is 0 Å². The van der Waals surface area contributed by atoms with Gasteiger partial charge >= 0.3 is 0 Å². The highest BCUT2D eigenvalue weighted by molar-refractivity contribution is 6.32. The van der Waals surface area contributed by atoms with Gasteiger partial charge in [-0.15, -0.1) is 5.10 Å². The molecule has 1 heterocycles. The van der Waals surface area contributed by atoms with Gasteiger partial charge < -0.3 is 15.4 Å². The van der Waals surface area contributed by atoms with E-state index in [0.29, 0.717) is 22.5 Å². The average molecular weight is 356 g/mol. The molecular weight excluding hydrogens is 338 g/mol. The van der Waals surface area contributed by atoms with E-state index in [1.54, 1.807) is 25.4 Å². The van der Waals surface area contributed by atoms with Gasteiger partial charge in [0, 0.05) is 11.4 Å². The summed E-state index contributed by atoms with van der Waals surface area (Å²) in [5, 5.41) is 14.8. The SMILES string of the molecule is COc1ccc(Nc2nncc(Nc3ccc(C)c(C)c3)n2)cc1Cl. The molecule has 25 heavy (non-hydrogen) atoms. The van der Waals surface area contributed by atoms with Crippen LogP contribution < -0.4 is 15.4 Å². The van der Waals surface area contributed by atoms with E-state index in [-0.39, 0.29) is 0 Å². The Morgan fingerprint density at radius 3 is 2.44 bits per heavy atom. The molecule has 6 nitrogen and oxygen atoms in total. The van der Waals surface area contributed by atoms with Gasteiger partial charge in [0.2, 0.25) is 5.95 Å². The van der Waals surface area contributed by atoms with Crippen LogP contribution in [0.5, 0.6) is 5.75 Å². The summed E-state index contributed by atoms with van der Waals surface area (Å²) in [6, 6.07) is 11.5. The van der Waals surface area contributed by atoms with Crippen molar-refractivity contribution in [2.24, 2.45) is 0 Å². The minimum absolute atomic E-state index is 0.370. The van der Waals surface area contributed by atoms with Gasteiger partial charge in [0.15, 0.2) is 5.82 Å². The lowest BCUT2D eigenvalue weighted by atomic mass is 10.1. The van der Waals surface area contributed by atoms with Crippen LogP contribution in [-0.4, -0.2) is 22.3 Å². The molecule has 1 aromatic heterocycles. The normalized spacial score (nSPS) is 10.4. The molecule has 0 bridgehead atoms. The van der Waals surface area contributed by atoms with Crippen molar-refractivity contribution in [2.45, 2.75) is 13.8 Å². The summed E-state index contributed by atoms with van der Waals surface area (Å²) in [7, 11) is 1.57. The quantitative estimate of drug-likeness (QED) is 0.694. The molecule has 3 rings (SSSR count). The molecule has 0 aliphatic carbocycles. The zero-order valence-electron chi connectivity index (χ0n) is 14.2. The van der Waals surface area contributed by atoms with Crippen LogP contribution in [0.4, 0.5) is 23.1 Å². The third kappa shape index (κ3) is 4.16. The number of nitrogens with zero attached hydrogens (tertiary/aromatic N) is 3. The van der Waals surface area contributed by atoms with Crippen LogP contribution in [0, 0.1) is 13.8 Å². The van der Waals surface area contributed by atoms with Crippen LogP contribution in [0.25, 0.3) is 0 Å². The maximum Gasteiger partial charge on any atom is 0.249 e. The standard InChI is InChI=1S/C18H18ClN5O/c1-11-4-5-13(8-12(11)2)21-17-10-20-24-18(23-17)22-14-6-7-16(25-3)15(19)9-14/h4-10H,1-3H3,(H2,21,22,23,24). The number of halogens is 1. The smallest absolute Gasteiger partial charge is 0.249 e. The van der Waals surface area contributed by atoms with Crippen molar-refractivity contribution in [3.63, 3.8) is 0 Å². The fourth-order valence-corrected chi connectivity index (χ4v) is 2.51. The van der Waals surface area contributed by atoms with Gasteiger partial charge in [-0.05, 0) is 55.3 Å². The van der Waals surface area contributed by atoms with Gasteiger partial charge in [0.25, 0.3) is 0 Å². The van der Waals surface area contributed by atoms with E-state index in [1.165, 1.54) is 11.1 Å². The van der Waals surface area contributed by atoms with Crippen LogP contribution in [0.1, 0.15) is 11.1 Å². The molecule has 2 aromatic carbocycles. The van der Waals surface area contributed by atoms with Crippen molar-refractivity contribution >= 4 is 34.7 Å². The minimum atomic E-state index is 0.370. The van der Waals surface area contributed by atoms with E-state index in [4.69, 9.17) is 16.3 Å². The van der Waals surface area contributed by atoms with Crippen LogP contribution in [-0.2, 0) is 0 Å². The molecule has 0 atom stereocenters. The number of ether oxygens (including phenoxy) is 1. The predicted molar refractivity (Wildman–Crippen MR) is 100 cm³/mol. The Bertz CT molecular complexity index is 900. The zero-order valence-corrected chi connectivity index (χ0v) is 14.9. The highest BCUT2D eigenvalue weighted by Gasteiger charge is 2.06. The van der Waals surface area contributed by atoms with Gasteiger partial charge in [-0.25, -0.2) is 0 Å². The van der Waals surface area contributed by atoms with Crippen molar-refractivity contribution in [1.82, 2.24) is 15.2 Å². The third-order valence-corrected chi connectivity index (χ3v) is 4.04. The molecule has 0 aliphatic rings. The van der Waals surface area contributed by atoms with E-state index in [0.717, 1.165) is 11.4 Å². The summed E-state index contributed by atoms with van der Waals surface area (Å²) in [6.07, 6.45) is 1.57. The second-order valence-electron chi connectivity index (χ2n) is 5.56. The lowest BCUT2D eigenvalue weighted by Gasteiger charge is -2.10. The van der Waals surface area contributed by atoms with Crippen LogP contribution >= 0.6 is 11.6 Å². The number of rotatable bonds is 5. The summed E-state index contributed by atoms with van der Waals surface area (Å²) in [6.45, 7) is 4.15. The summed E-state index contributed by atoms with van der Waals surface area (Å²) in [4.78, 5) is 4.42. The van der Waals surface area contributed by atoms with Gasteiger partial charge in [0.1, 0.15) is 5.75 Å². The molecule has 0 saturated carbocycles.